The van der Waals surface area contributed by atoms with Gasteiger partial charge in [-0.25, -0.2) is 0 Å². The first-order valence-corrected chi connectivity index (χ1v) is 7.94. The van der Waals surface area contributed by atoms with Crippen LogP contribution in [0, 0.1) is 5.92 Å². The van der Waals surface area contributed by atoms with Crippen molar-refractivity contribution >= 4 is 17.5 Å². The van der Waals surface area contributed by atoms with Gasteiger partial charge in [-0.15, -0.1) is 0 Å². The van der Waals surface area contributed by atoms with E-state index < -0.39 is 0 Å². The predicted molar refractivity (Wildman–Crippen MR) is 87.4 cm³/mol. The summed E-state index contributed by atoms with van der Waals surface area (Å²) in [7, 11) is 0. The van der Waals surface area contributed by atoms with Gasteiger partial charge in [0.1, 0.15) is 0 Å². The van der Waals surface area contributed by atoms with E-state index in [0.717, 1.165) is 31.5 Å². The molecule has 5 heteroatoms. The van der Waals surface area contributed by atoms with E-state index in [0.29, 0.717) is 6.54 Å². The molecule has 1 saturated heterocycles. The topological polar surface area (TPSA) is 75.4 Å². The lowest BCUT2D eigenvalue weighted by atomic mass is 9.96. The molecule has 0 aliphatic carbocycles. The third-order valence-corrected chi connectivity index (χ3v) is 4.41. The number of carbonyl (C=O) groups is 2. The molecule has 1 aromatic carbocycles. The van der Waals surface area contributed by atoms with Gasteiger partial charge in [0, 0.05) is 12.2 Å². The largest absolute Gasteiger partial charge is 0.369 e. The number of primary amides is 1. The Morgan fingerprint density at radius 3 is 2.64 bits per heavy atom. The first-order valence-electron chi connectivity index (χ1n) is 7.94. The lowest BCUT2D eigenvalue weighted by Gasteiger charge is -2.34. The van der Waals surface area contributed by atoms with Gasteiger partial charge in [-0.05, 0) is 50.4 Å². The zero-order valence-electron chi connectivity index (χ0n) is 13.3. The van der Waals surface area contributed by atoms with Crippen molar-refractivity contribution < 1.29 is 9.59 Å². The number of amides is 2. The summed E-state index contributed by atoms with van der Waals surface area (Å²) < 4.78 is 0. The number of benzene rings is 1. The van der Waals surface area contributed by atoms with Gasteiger partial charge in [0.05, 0.1) is 12.0 Å². The zero-order chi connectivity index (χ0) is 16.1. The summed E-state index contributed by atoms with van der Waals surface area (Å²) >= 11 is 0. The van der Waals surface area contributed by atoms with Crippen LogP contribution in [-0.2, 0) is 16.0 Å². The molecular weight excluding hydrogens is 278 g/mol. The van der Waals surface area contributed by atoms with Gasteiger partial charge in [-0.2, -0.15) is 0 Å². The molecule has 2 amide bonds. The molecule has 22 heavy (non-hydrogen) atoms. The molecule has 5 nitrogen and oxygen atoms in total. The Kier molecular flexibility index (Phi) is 5.55. The molecule has 1 aliphatic heterocycles. The molecule has 1 aliphatic rings. The molecule has 2 atom stereocenters. The fourth-order valence-electron chi connectivity index (χ4n) is 2.83. The lowest BCUT2D eigenvalue weighted by molar-refractivity contribution is -0.127. The summed E-state index contributed by atoms with van der Waals surface area (Å²) in [6.45, 7) is 5.37. The molecule has 2 rings (SSSR count). The van der Waals surface area contributed by atoms with Crippen molar-refractivity contribution in [1.82, 2.24) is 4.90 Å². The molecule has 120 valence electrons. The fourth-order valence-corrected chi connectivity index (χ4v) is 2.83. The Bertz CT molecular complexity index is 527. The van der Waals surface area contributed by atoms with E-state index in [4.69, 9.17) is 5.73 Å². The van der Waals surface area contributed by atoms with Crippen LogP contribution in [-0.4, -0.2) is 35.8 Å². The van der Waals surface area contributed by atoms with Crippen LogP contribution in [0.25, 0.3) is 0 Å². The number of anilines is 1. The Morgan fingerprint density at radius 1 is 1.36 bits per heavy atom. The molecule has 0 saturated carbocycles. The number of rotatable bonds is 5. The smallest absolute Gasteiger partial charge is 0.241 e. The normalized spacial score (nSPS) is 20.4. The summed E-state index contributed by atoms with van der Waals surface area (Å²) in [5.74, 6) is -0.463. The van der Waals surface area contributed by atoms with Crippen LogP contribution in [0.2, 0.25) is 0 Å². The molecule has 3 N–H and O–H groups in total. The number of aryl methyl sites for hydroxylation is 1. The molecular formula is C17H25N3O2. The van der Waals surface area contributed by atoms with E-state index in [2.05, 4.69) is 12.2 Å². The second-order valence-corrected chi connectivity index (χ2v) is 5.95. The predicted octanol–water partition coefficient (Wildman–Crippen LogP) is 1.77. The van der Waals surface area contributed by atoms with Crippen LogP contribution in [0.5, 0.6) is 0 Å². The fraction of sp³-hybridized carbons (Fsp3) is 0.529. The van der Waals surface area contributed by atoms with Crippen molar-refractivity contribution in [3.63, 3.8) is 0 Å². The molecule has 0 radical (unpaired) electrons. The number of hydrogen-bond donors (Lipinski definition) is 2. The second-order valence-electron chi connectivity index (χ2n) is 5.95. The monoisotopic (exact) mass is 303 g/mol. The number of nitrogens with one attached hydrogen (secondary N) is 1. The summed E-state index contributed by atoms with van der Waals surface area (Å²) in [6, 6.07) is 7.61. The molecule has 1 fully saturated rings. The zero-order valence-corrected chi connectivity index (χ0v) is 13.3. The number of nitrogens with zero attached hydrogens (tertiary/aromatic N) is 1. The average molecular weight is 303 g/mol. The third kappa shape index (κ3) is 4.07. The SMILES string of the molecule is CCc1ccc(NC(=O)[C@H](C)N2CCC[C@H](C(N)=O)C2)cc1. The highest BCUT2D eigenvalue weighted by Gasteiger charge is 2.29. The molecule has 1 aromatic rings. The van der Waals surface area contributed by atoms with Gasteiger partial charge in [-0.3, -0.25) is 14.5 Å². The van der Waals surface area contributed by atoms with Gasteiger partial charge in [0.15, 0.2) is 0 Å². The average Bonchev–Trinajstić information content (AvgIpc) is 2.54. The first-order chi connectivity index (χ1) is 10.5. The molecule has 0 spiro atoms. The molecule has 1 heterocycles. The Labute approximate surface area is 131 Å². The summed E-state index contributed by atoms with van der Waals surface area (Å²) in [5, 5.41) is 2.94. The Balaban J connectivity index is 1.94. The Morgan fingerprint density at radius 2 is 2.05 bits per heavy atom. The number of likely N-dealkylation sites (tertiary alicyclic amines) is 1. The van der Waals surface area contributed by atoms with Crippen LogP contribution in [0.3, 0.4) is 0 Å². The van der Waals surface area contributed by atoms with Gasteiger partial charge in [-0.1, -0.05) is 19.1 Å². The number of nitrogens with two attached hydrogens (primary N) is 1. The highest BCUT2D eigenvalue weighted by Crippen LogP contribution is 2.19. The van der Waals surface area contributed by atoms with Gasteiger partial charge in [0.25, 0.3) is 0 Å². The Hall–Kier alpha value is -1.88. The van der Waals surface area contributed by atoms with E-state index in [1.807, 2.05) is 36.1 Å². The second kappa shape index (κ2) is 7.40. The summed E-state index contributed by atoms with van der Waals surface area (Å²) in [5.41, 5.74) is 7.44. The third-order valence-electron chi connectivity index (χ3n) is 4.41. The van der Waals surface area contributed by atoms with E-state index >= 15 is 0 Å². The maximum Gasteiger partial charge on any atom is 0.241 e. The maximum atomic E-state index is 12.4. The van der Waals surface area contributed by atoms with Crippen LogP contribution < -0.4 is 11.1 Å². The molecule has 0 unspecified atom stereocenters. The van der Waals surface area contributed by atoms with Crippen molar-refractivity contribution in [2.45, 2.75) is 39.2 Å². The minimum Gasteiger partial charge on any atom is -0.369 e. The van der Waals surface area contributed by atoms with Crippen LogP contribution in [0.4, 0.5) is 5.69 Å². The van der Waals surface area contributed by atoms with Crippen molar-refractivity contribution in [1.29, 1.82) is 0 Å². The number of carbonyl (C=O) groups excluding carboxylic acids is 2. The minimum atomic E-state index is -0.271. The van der Waals surface area contributed by atoms with Crippen molar-refractivity contribution in [2.24, 2.45) is 11.7 Å². The first kappa shape index (κ1) is 16.5. The highest BCUT2D eigenvalue weighted by atomic mass is 16.2. The van der Waals surface area contributed by atoms with Crippen molar-refractivity contribution in [3.8, 4) is 0 Å². The van der Waals surface area contributed by atoms with Crippen molar-refractivity contribution in [3.05, 3.63) is 29.8 Å². The quantitative estimate of drug-likeness (QED) is 0.870. The maximum absolute atomic E-state index is 12.4. The van der Waals surface area contributed by atoms with Crippen molar-refractivity contribution in [2.75, 3.05) is 18.4 Å². The van der Waals surface area contributed by atoms with Gasteiger partial charge >= 0.3 is 0 Å². The number of hydrogen-bond acceptors (Lipinski definition) is 3. The summed E-state index contributed by atoms with van der Waals surface area (Å²) in [6.07, 6.45) is 2.70. The van der Waals surface area contributed by atoms with Crippen LogP contribution >= 0.6 is 0 Å². The van der Waals surface area contributed by atoms with Gasteiger partial charge in [0.2, 0.25) is 11.8 Å². The van der Waals surface area contributed by atoms with E-state index in [-0.39, 0.29) is 23.8 Å². The number of piperidine rings is 1. The standard InChI is InChI=1S/C17H25N3O2/c1-3-13-6-8-15(9-7-13)19-17(22)12(2)20-10-4-5-14(11-20)16(18)21/h6-9,12,14H,3-5,10-11H2,1-2H3,(H2,18,21)(H,19,22)/t12-,14-/m0/s1. The highest BCUT2D eigenvalue weighted by molar-refractivity contribution is 5.94. The minimum absolute atomic E-state index is 0.0469. The summed E-state index contributed by atoms with van der Waals surface area (Å²) in [4.78, 5) is 25.7. The van der Waals surface area contributed by atoms with E-state index in [9.17, 15) is 9.59 Å². The van der Waals surface area contributed by atoms with Crippen LogP contribution in [0.1, 0.15) is 32.3 Å². The van der Waals surface area contributed by atoms with Crippen LogP contribution in [0.15, 0.2) is 24.3 Å². The van der Waals surface area contributed by atoms with E-state index in [1.54, 1.807) is 0 Å². The molecule has 0 bridgehead atoms. The molecule has 0 aromatic heterocycles. The van der Waals surface area contributed by atoms with Gasteiger partial charge < -0.3 is 11.1 Å². The van der Waals surface area contributed by atoms with E-state index in [1.165, 1.54) is 5.56 Å². The lowest BCUT2D eigenvalue weighted by Crippen LogP contribution is -2.49.